The zero-order valence-corrected chi connectivity index (χ0v) is 15.5. The molecule has 0 saturated carbocycles. The van der Waals surface area contributed by atoms with Crippen LogP contribution in [0.1, 0.15) is 23.9 Å². The fourth-order valence-electron chi connectivity index (χ4n) is 2.61. The number of carbonyl (C=O) groups is 1. The number of anilines is 1. The van der Waals surface area contributed by atoms with E-state index >= 15 is 0 Å². The Bertz CT molecular complexity index is 770. The van der Waals surface area contributed by atoms with Crippen molar-refractivity contribution >= 4 is 22.5 Å². The molecule has 0 radical (unpaired) electrons. The van der Waals surface area contributed by atoms with Gasteiger partial charge in [0.25, 0.3) is 0 Å². The lowest BCUT2D eigenvalue weighted by Gasteiger charge is -2.15. The summed E-state index contributed by atoms with van der Waals surface area (Å²) in [5.41, 5.74) is 3.89. The van der Waals surface area contributed by atoms with Crippen molar-refractivity contribution < 1.29 is 9.00 Å². The lowest BCUT2D eigenvalue weighted by molar-refractivity contribution is 0.249. The van der Waals surface area contributed by atoms with Gasteiger partial charge in [0.2, 0.25) is 0 Å². The van der Waals surface area contributed by atoms with Crippen LogP contribution >= 0.6 is 0 Å². The lowest BCUT2D eigenvalue weighted by atomic mass is 10.1. The van der Waals surface area contributed by atoms with E-state index in [0.29, 0.717) is 10.6 Å². The third-order valence-electron chi connectivity index (χ3n) is 3.97. The van der Waals surface area contributed by atoms with Crippen LogP contribution in [0.4, 0.5) is 10.5 Å². The molecule has 2 atom stereocenters. The van der Waals surface area contributed by atoms with E-state index in [1.807, 2.05) is 32.5 Å². The highest BCUT2D eigenvalue weighted by Crippen LogP contribution is 2.15. The molecule has 2 aromatic rings. The number of carbonyl (C=O) groups excluding carboxylic acids is 1. The molecule has 2 rings (SSSR count). The van der Waals surface area contributed by atoms with Crippen molar-refractivity contribution in [1.82, 2.24) is 15.1 Å². The summed E-state index contributed by atoms with van der Waals surface area (Å²) in [5.74, 6) is 0. The maximum Gasteiger partial charge on any atom is 0.319 e. The van der Waals surface area contributed by atoms with Crippen molar-refractivity contribution in [1.29, 1.82) is 0 Å². The average molecular weight is 348 g/mol. The van der Waals surface area contributed by atoms with Crippen LogP contribution in [0.25, 0.3) is 0 Å². The highest BCUT2D eigenvalue weighted by Gasteiger charge is 2.15. The minimum Gasteiger partial charge on any atom is -0.335 e. The highest BCUT2D eigenvalue weighted by molar-refractivity contribution is 7.84. The summed E-state index contributed by atoms with van der Waals surface area (Å²) in [5, 5.41) is 10.1. The fourth-order valence-corrected chi connectivity index (χ4v) is 3.18. The molecule has 6 nitrogen and oxygen atoms in total. The Morgan fingerprint density at radius 2 is 2.08 bits per heavy atom. The van der Waals surface area contributed by atoms with Crippen molar-refractivity contribution in [2.75, 3.05) is 11.6 Å². The van der Waals surface area contributed by atoms with Gasteiger partial charge in [-0.3, -0.25) is 8.89 Å². The van der Waals surface area contributed by atoms with Gasteiger partial charge in [0, 0.05) is 46.4 Å². The number of hydrogen-bond donors (Lipinski definition) is 2. The molecule has 2 N–H and O–H groups in total. The predicted octanol–water partition coefficient (Wildman–Crippen LogP) is 2.53. The van der Waals surface area contributed by atoms with E-state index in [4.69, 9.17) is 0 Å². The number of aryl methyl sites for hydroxylation is 2. The van der Waals surface area contributed by atoms with Crippen molar-refractivity contribution in [2.24, 2.45) is 7.05 Å². The van der Waals surface area contributed by atoms with E-state index in [9.17, 15) is 9.00 Å². The first-order valence-electron chi connectivity index (χ1n) is 7.78. The fraction of sp³-hybridized carbons (Fsp3) is 0.412. The van der Waals surface area contributed by atoms with Gasteiger partial charge in [-0.15, -0.1) is 0 Å². The number of nitrogens with one attached hydrogen (secondary N) is 2. The molecule has 0 bridgehead atoms. The zero-order chi connectivity index (χ0) is 17.9. The molecular formula is C17H24N4O2S. The summed E-state index contributed by atoms with van der Waals surface area (Å²) in [6.07, 6.45) is 2.33. The molecule has 24 heavy (non-hydrogen) atoms. The maximum atomic E-state index is 12.2. The molecule has 2 unspecified atom stereocenters. The molecule has 2 amide bonds. The second-order valence-corrected chi connectivity index (χ2v) is 7.34. The van der Waals surface area contributed by atoms with Gasteiger partial charge in [0.1, 0.15) is 0 Å². The third-order valence-corrected chi connectivity index (χ3v) is 4.89. The minimum absolute atomic E-state index is 0.0323. The van der Waals surface area contributed by atoms with Crippen LogP contribution in [0, 0.1) is 13.8 Å². The first-order chi connectivity index (χ1) is 11.3. The van der Waals surface area contributed by atoms with E-state index in [1.54, 1.807) is 30.5 Å². The van der Waals surface area contributed by atoms with Crippen molar-refractivity contribution in [3.63, 3.8) is 0 Å². The molecule has 1 aromatic heterocycles. The van der Waals surface area contributed by atoms with Gasteiger partial charge in [0.05, 0.1) is 5.69 Å². The quantitative estimate of drug-likeness (QED) is 0.872. The Labute approximate surface area is 145 Å². The topological polar surface area (TPSA) is 76.0 Å². The summed E-state index contributed by atoms with van der Waals surface area (Å²) in [6.45, 7) is 5.97. The number of rotatable bonds is 5. The van der Waals surface area contributed by atoms with Crippen LogP contribution in [0.5, 0.6) is 0 Å². The molecule has 1 aromatic carbocycles. The Morgan fingerprint density at radius 3 is 2.67 bits per heavy atom. The molecule has 0 saturated heterocycles. The van der Waals surface area contributed by atoms with Gasteiger partial charge < -0.3 is 10.6 Å². The largest absolute Gasteiger partial charge is 0.335 e. The van der Waals surface area contributed by atoms with Crippen molar-refractivity contribution in [3.8, 4) is 0 Å². The van der Waals surface area contributed by atoms with Gasteiger partial charge in [-0.25, -0.2) is 4.79 Å². The molecule has 130 valence electrons. The average Bonchev–Trinajstić information content (AvgIpc) is 2.73. The molecular weight excluding hydrogens is 324 g/mol. The number of nitrogens with zero attached hydrogens (tertiary/aromatic N) is 2. The SMILES string of the molecule is Cc1nn(C)c(C)c1CC(C)NC(=O)Nc1cccc(S(C)=O)c1. The van der Waals surface area contributed by atoms with E-state index in [-0.39, 0.29) is 12.1 Å². The summed E-state index contributed by atoms with van der Waals surface area (Å²) >= 11 is 0. The van der Waals surface area contributed by atoms with Crippen molar-refractivity contribution in [2.45, 2.75) is 38.1 Å². The standard InChI is InChI=1S/C17H24N4O2S/c1-11(9-16-12(2)20-21(4)13(16)3)18-17(22)19-14-7-6-8-15(10-14)24(5)23/h6-8,10-11H,9H2,1-5H3,(H2,18,19,22). The summed E-state index contributed by atoms with van der Waals surface area (Å²) in [7, 11) is 0.843. The molecule has 1 heterocycles. The summed E-state index contributed by atoms with van der Waals surface area (Å²) in [6, 6.07) is 6.73. The van der Waals surface area contributed by atoms with Gasteiger partial charge in [-0.2, -0.15) is 5.10 Å². The van der Waals surface area contributed by atoms with Gasteiger partial charge >= 0.3 is 6.03 Å². The Balaban J connectivity index is 1.97. The number of urea groups is 1. The number of amides is 2. The first kappa shape index (κ1) is 18.2. The highest BCUT2D eigenvalue weighted by atomic mass is 32.2. The van der Waals surface area contributed by atoms with Crippen molar-refractivity contribution in [3.05, 3.63) is 41.2 Å². The van der Waals surface area contributed by atoms with Crippen LogP contribution < -0.4 is 10.6 Å². The Hall–Kier alpha value is -2.15. The van der Waals surface area contributed by atoms with Crippen LogP contribution in [-0.4, -0.2) is 32.3 Å². The first-order valence-corrected chi connectivity index (χ1v) is 9.33. The van der Waals surface area contributed by atoms with E-state index < -0.39 is 10.8 Å². The lowest BCUT2D eigenvalue weighted by Crippen LogP contribution is -2.37. The maximum absolute atomic E-state index is 12.2. The van der Waals surface area contributed by atoms with E-state index in [2.05, 4.69) is 15.7 Å². The molecule has 0 spiro atoms. The van der Waals surface area contributed by atoms with Gasteiger partial charge in [-0.05, 0) is 51.0 Å². The Morgan fingerprint density at radius 1 is 1.38 bits per heavy atom. The number of benzene rings is 1. The zero-order valence-electron chi connectivity index (χ0n) is 14.7. The minimum atomic E-state index is -1.08. The number of hydrogen-bond acceptors (Lipinski definition) is 3. The van der Waals surface area contributed by atoms with Crippen LogP contribution in [-0.2, 0) is 24.3 Å². The third kappa shape index (κ3) is 4.44. The predicted molar refractivity (Wildman–Crippen MR) is 96.8 cm³/mol. The molecule has 0 aliphatic rings. The monoisotopic (exact) mass is 348 g/mol. The molecule has 7 heteroatoms. The second kappa shape index (κ2) is 7.61. The van der Waals surface area contributed by atoms with Crippen LogP contribution in [0.3, 0.4) is 0 Å². The van der Waals surface area contributed by atoms with Gasteiger partial charge in [-0.1, -0.05) is 6.07 Å². The normalized spacial score (nSPS) is 13.4. The second-order valence-electron chi connectivity index (χ2n) is 5.96. The molecule has 0 aliphatic heterocycles. The molecule has 0 fully saturated rings. The smallest absolute Gasteiger partial charge is 0.319 e. The molecule has 0 aliphatic carbocycles. The number of aromatic nitrogens is 2. The summed E-state index contributed by atoms with van der Waals surface area (Å²) < 4.78 is 13.4. The van der Waals surface area contributed by atoms with E-state index in [1.165, 1.54) is 0 Å². The van der Waals surface area contributed by atoms with Gasteiger partial charge in [0.15, 0.2) is 0 Å². The van der Waals surface area contributed by atoms with E-state index in [0.717, 1.165) is 23.4 Å². The Kier molecular flexibility index (Phi) is 5.77. The van der Waals surface area contributed by atoms with Crippen LogP contribution in [0.15, 0.2) is 29.2 Å². The summed E-state index contributed by atoms with van der Waals surface area (Å²) in [4.78, 5) is 12.8. The van der Waals surface area contributed by atoms with Crippen LogP contribution in [0.2, 0.25) is 0 Å².